The van der Waals surface area contributed by atoms with Crippen molar-refractivity contribution in [1.29, 1.82) is 0 Å². The van der Waals surface area contributed by atoms with Gasteiger partial charge in [0.05, 0.1) is 18.8 Å². The molecule has 8 heteroatoms. The molecule has 0 aliphatic heterocycles. The molecule has 0 radical (unpaired) electrons. The Labute approximate surface area is 173 Å². The molecule has 0 saturated carbocycles. The van der Waals surface area contributed by atoms with Crippen LogP contribution in [0.15, 0.2) is 64.2 Å². The Morgan fingerprint density at radius 2 is 1.77 bits per heavy atom. The Kier molecular flexibility index (Phi) is 6.46. The highest BCUT2D eigenvalue weighted by Gasteiger charge is 2.21. The number of methoxy groups -OCH3 is 1. The summed E-state index contributed by atoms with van der Waals surface area (Å²) in [6.07, 6.45) is 0.559. The lowest BCUT2D eigenvalue weighted by Crippen LogP contribution is -2.46. The predicted molar refractivity (Wildman–Crippen MR) is 113 cm³/mol. The number of hydrogen-bond acceptors (Lipinski definition) is 5. The molecule has 156 valence electrons. The van der Waals surface area contributed by atoms with Gasteiger partial charge in [-0.05, 0) is 43.2 Å². The van der Waals surface area contributed by atoms with Crippen LogP contribution in [-0.4, -0.2) is 27.4 Å². The highest BCUT2D eigenvalue weighted by Crippen LogP contribution is 2.13. The van der Waals surface area contributed by atoms with Gasteiger partial charge in [0.25, 0.3) is 11.5 Å². The van der Waals surface area contributed by atoms with Gasteiger partial charge in [0.1, 0.15) is 5.75 Å². The molecule has 0 saturated heterocycles. The van der Waals surface area contributed by atoms with Crippen LogP contribution in [0.2, 0.25) is 0 Å². The molecule has 0 aliphatic carbocycles. The number of rotatable bonds is 7. The zero-order valence-electron chi connectivity index (χ0n) is 17.2. The highest BCUT2D eigenvalue weighted by molar-refractivity contribution is 5.92. The maximum atomic E-state index is 12.9. The van der Waals surface area contributed by atoms with Crippen LogP contribution in [0.3, 0.4) is 0 Å². The lowest BCUT2D eigenvalue weighted by Gasteiger charge is -2.15. The Hall–Kier alpha value is -3.68. The monoisotopic (exact) mass is 408 g/mol. The van der Waals surface area contributed by atoms with Crippen molar-refractivity contribution in [2.75, 3.05) is 7.11 Å². The number of carbonyl (C=O) groups is 1. The van der Waals surface area contributed by atoms with Gasteiger partial charge in [-0.15, -0.1) is 0 Å². The number of amides is 1. The zero-order valence-corrected chi connectivity index (χ0v) is 17.2. The van der Waals surface area contributed by atoms with Crippen molar-refractivity contribution in [3.63, 3.8) is 0 Å². The molecular weight excluding hydrogens is 384 g/mol. The minimum absolute atomic E-state index is 0.185. The van der Waals surface area contributed by atoms with Crippen LogP contribution >= 0.6 is 0 Å². The van der Waals surface area contributed by atoms with E-state index in [2.05, 4.69) is 10.4 Å². The Morgan fingerprint density at radius 3 is 2.37 bits per heavy atom. The number of nitrogens with one attached hydrogen (secondary N) is 1. The first-order valence-corrected chi connectivity index (χ1v) is 9.70. The Bertz CT molecular complexity index is 1130. The van der Waals surface area contributed by atoms with Gasteiger partial charge in [-0.2, -0.15) is 9.78 Å². The summed E-state index contributed by atoms with van der Waals surface area (Å²) in [5, 5.41) is 6.89. The van der Waals surface area contributed by atoms with Crippen LogP contribution in [0.1, 0.15) is 42.4 Å². The molecule has 8 nitrogen and oxygen atoms in total. The van der Waals surface area contributed by atoms with Gasteiger partial charge in [0.15, 0.2) is 0 Å². The third-order valence-electron chi connectivity index (χ3n) is 4.69. The number of hydrogen-bond donors (Lipinski definition) is 1. The topological polar surface area (TPSA) is 95.2 Å². The maximum Gasteiger partial charge on any atom is 0.352 e. The zero-order chi connectivity index (χ0) is 21.7. The normalized spacial score (nSPS) is 11.7. The molecule has 1 amide bonds. The fraction of sp³-hybridized carbons (Fsp3) is 0.273. The molecular formula is C22H24N4O4. The molecule has 1 atom stereocenters. The fourth-order valence-electron chi connectivity index (χ4n) is 3.06. The van der Waals surface area contributed by atoms with Gasteiger partial charge in [-0.25, -0.2) is 4.79 Å². The number of carbonyl (C=O) groups excluding carboxylic acids is 1. The van der Waals surface area contributed by atoms with Gasteiger partial charge in [-0.3, -0.25) is 14.2 Å². The SMILES string of the molecule is CCCn1c(=O)c(C(=O)NC(C)c2ccccc2)nn(-c2ccc(OC)cc2)c1=O. The molecule has 0 fully saturated rings. The van der Waals surface area contributed by atoms with E-state index in [0.717, 1.165) is 14.8 Å². The molecule has 30 heavy (non-hydrogen) atoms. The molecule has 2 aromatic carbocycles. The molecule has 0 aliphatic rings. The van der Waals surface area contributed by atoms with Crippen molar-refractivity contribution in [1.82, 2.24) is 19.7 Å². The van der Waals surface area contributed by atoms with Crippen LogP contribution in [0, 0.1) is 0 Å². The van der Waals surface area contributed by atoms with Gasteiger partial charge < -0.3 is 10.1 Å². The minimum Gasteiger partial charge on any atom is -0.497 e. The van der Waals surface area contributed by atoms with E-state index in [9.17, 15) is 14.4 Å². The van der Waals surface area contributed by atoms with E-state index in [0.29, 0.717) is 17.9 Å². The van der Waals surface area contributed by atoms with Crippen LogP contribution in [0.25, 0.3) is 5.69 Å². The second-order valence-electron chi connectivity index (χ2n) is 6.80. The third-order valence-corrected chi connectivity index (χ3v) is 4.69. The first-order chi connectivity index (χ1) is 14.5. The molecule has 3 rings (SSSR count). The van der Waals surface area contributed by atoms with Crippen LogP contribution in [0.4, 0.5) is 0 Å². The van der Waals surface area contributed by atoms with E-state index >= 15 is 0 Å². The summed E-state index contributed by atoms with van der Waals surface area (Å²) in [4.78, 5) is 38.6. The maximum absolute atomic E-state index is 12.9. The molecule has 1 heterocycles. The number of aromatic nitrogens is 3. The first-order valence-electron chi connectivity index (χ1n) is 9.70. The average Bonchev–Trinajstić information content (AvgIpc) is 2.77. The van der Waals surface area contributed by atoms with Crippen molar-refractivity contribution in [2.24, 2.45) is 0 Å². The largest absolute Gasteiger partial charge is 0.497 e. The Balaban J connectivity index is 2.04. The van der Waals surface area contributed by atoms with E-state index in [1.54, 1.807) is 24.3 Å². The molecule has 1 N–H and O–H groups in total. The molecule has 1 unspecified atom stereocenters. The smallest absolute Gasteiger partial charge is 0.352 e. The van der Waals surface area contributed by atoms with Gasteiger partial charge >= 0.3 is 5.69 Å². The number of nitrogens with zero attached hydrogens (tertiary/aromatic N) is 3. The highest BCUT2D eigenvalue weighted by atomic mass is 16.5. The van der Waals surface area contributed by atoms with Gasteiger partial charge in [0, 0.05) is 6.54 Å². The minimum atomic E-state index is -0.704. The summed E-state index contributed by atoms with van der Waals surface area (Å²) < 4.78 is 7.25. The summed E-state index contributed by atoms with van der Waals surface area (Å²) in [6.45, 7) is 3.85. The van der Waals surface area contributed by atoms with E-state index in [1.165, 1.54) is 7.11 Å². The van der Waals surface area contributed by atoms with Crippen molar-refractivity contribution in [3.8, 4) is 11.4 Å². The van der Waals surface area contributed by atoms with Crippen molar-refractivity contribution < 1.29 is 9.53 Å². The Morgan fingerprint density at radius 1 is 1.10 bits per heavy atom. The summed E-state index contributed by atoms with van der Waals surface area (Å²) in [5.41, 5.74) is -0.315. The lowest BCUT2D eigenvalue weighted by molar-refractivity contribution is 0.0930. The summed E-state index contributed by atoms with van der Waals surface area (Å²) >= 11 is 0. The molecule has 1 aromatic heterocycles. The molecule has 0 spiro atoms. The number of ether oxygens (including phenoxy) is 1. The summed E-state index contributed by atoms with van der Waals surface area (Å²) in [7, 11) is 1.54. The van der Waals surface area contributed by atoms with Crippen LogP contribution < -0.4 is 21.3 Å². The second-order valence-corrected chi connectivity index (χ2v) is 6.80. The average molecular weight is 408 g/mol. The van der Waals surface area contributed by atoms with E-state index in [1.807, 2.05) is 44.2 Å². The van der Waals surface area contributed by atoms with Crippen LogP contribution in [0.5, 0.6) is 5.75 Å². The van der Waals surface area contributed by atoms with Crippen molar-refractivity contribution in [2.45, 2.75) is 32.9 Å². The van der Waals surface area contributed by atoms with Crippen molar-refractivity contribution >= 4 is 5.91 Å². The second kappa shape index (κ2) is 9.21. The van der Waals surface area contributed by atoms with Gasteiger partial charge in [-0.1, -0.05) is 37.3 Å². The number of benzene rings is 2. The first kappa shape index (κ1) is 21.0. The third kappa shape index (κ3) is 4.32. The van der Waals surface area contributed by atoms with Gasteiger partial charge in [0.2, 0.25) is 5.69 Å². The molecule has 3 aromatic rings. The van der Waals surface area contributed by atoms with E-state index < -0.39 is 17.2 Å². The summed E-state index contributed by atoms with van der Waals surface area (Å²) in [6, 6.07) is 15.7. The van der Waals surface area contributed by atoms with Crippen LogP contribution in [-0.2, 0) is 6.54 Å². The van der Waals surface area contributed by atoms with E-state index in [4.69, 9.17) is 4.74 Å². The quantitative estimate of drug-likeness (QED) is 0.647. The molecule has 0 bridgehead atoms. The lowest BCUT2D eigenvalue weighted by atomic mass is 10.1. The van der Waals surface area contributed by atoms with Crippen molar-refractivity contribution in [3.05, 3.63) is 86.7 Å². The predicted octanol–water partition coefficient (Wildman–Crippen LogP) is 2.30. The fourth-order valence-corrected chi connectivity index (χ4v) is 3.06. The standard InChI is InChI=1S/C22H24N4O4/c1-4-14-25-21(28)19(20(27)23-15(2)16-8-6-5-7-9-16)24-26(22(25)29)17-10-12-18(30-3)13-11-17/h5-13,15H,4,14H2,1-3H3,(H,23,27). The van der Waals surface area contributed by atoms with E-state index in [-0.39, 0.29) is 18.3 Å². The summed E-state index contributed by atoms with van der Waals surface area (Å²) in [5.74, 6) is -0.0215.